The molecule has 0 aromatic carbocycles. The summed E-state index contributed by atoms with van der Waals surface area (Å²) in [5.41, 5.74) is 0. The Kier molecular flexibility index (Phi) is 2.78. The van der Waals surface area contributed by atoms with Crippen LogP contribution in [0.15, 0.2) is 0 Å². The first-order chi connectivity index (χ1) is 7.13. The van der Waals surface area contributed by atoms with E-state index in [-0.39, 0.29) is 11.9 Å². The van der Waals surface area contributed by atoms with Gasteiger partial charge in [0.1, 0.15) is 5.78 Å². The van der Waals surface area contributed by atoms with Crippen molar-refractivity contribution >= 4 is 11.7 Å². The molecule has 0 spiro atoms. The van der Waals surface area contributed by atoms with E-state index in [0.717, 1.165) is 12.8 Å². The van der Waals surface area contributed by atoms with Crippen molar-refractivity contribution in [3.63, 3.8) is 0 Å². The summed E-state index contributed by atoms with van der Waals surface area (Å²) < 4.78 is 0. The molecule has 2 saturated heterocycles. The summed E-state index contributed by atoms with van der Waals surface area (Å²) in [4.78, 5) is 25.2. The molecular formula is C11H18N2O2. The topological polar surface area (TPSA) is 49.4 Å². The molecule has 4 nitrogen and oxygen atoms in total. The number of fused-ring (bicyclic) bond motifs is 2. The number of carbonyl (C=O) groups excluding carboxylic acids is 2. The Hall–Kier alpha value is -0.900. The highest BCUT2D eigenvalue weighted by atomic mass is 16.2. The average Bonchev–Trinajstić information content (AvgIpc) is 2.49. The lowest BCUT2D eigenvalue weighted by Gasteiger charge is -2.37. The fraction of sp³-hybridized carbons (Fsp3) is 0.818. The van der Waals surface area contributed by atoms with Crippen LogP contribution in [0.5, 0.6) is 0 Å². The standard InChI is InChI=1S/C11H18N2O2/c1-7(11(15)12-2)13-8-3-4-9(13)6-10(14)5-8/h7-9H,3-6H2,1-2H3,(H,12,15). The van der Waals surface area contributed by atoms with Gasteiger partial charge in [-0.25, -0.2) is 0 Å². The highest BCUT2D eigenvalue weighted by Crippen LogP contribution is 2.35. The van der Waals surface area contributed by atoms with E-state index in [1.54, 1.807) is 7.05 Å². The van der Waals surface area contributed by atoms with Crippen molar-refractivity contribution in [1.82, 2.24) is 10.2 Å². The van der Waals surface area contributed by atoms with E-state index in [4.69, 9.17) is 0 Å². The molecule has 15 heavy (non-hydrogen) atoms. The molecule has 2 aliphatic rings. The van der Waals surface area contributed by atoms with E-state index in [2.05, 4.69) is 10.2 Å². The summed E-state index contributed by atoms with van der Waals surface area (Å²) in [5.74, 6) is 0.420. The van der Waals surface area contributed by atoms with Gasteiger partial charge in [0.15, 0.2) is 0 Å². The molecule has 0 aliphatic carbocycles. The van der Waals surface area contributed by atoms with Crippen molar-refractivity contribution in [2.24, 2.45) is 0 Å². The Bertz CT molecular complexity index is 274. The smallest absolute Gasteiger partial charge is 0.236 e. The van der Waals surface area contributed by atoms with Crippen LogP contribution in [0.3, 0.4) is 0 Å². The number of piperidine rings is 1. The number of nitrogens with zero attached hydrogens (tertiary/aromatic N) is 1. The first kappa shape index (κ1) is 10.6. The number of Topliss-reactive ketones (excluding diaryl/α,β-unsaturated/α-hetero) is 1. The predicted octanol–water partition coefficient (Wildman–Crippen LogP) is 0.317. The minimum atomic E-state index is -0.0967. The summed E-state index contributed by atoms with van der Waals surface area (Å²) in [6.07, 6.45) is 3.41. The van der Waals surface area contributed by atoms with Crippen LogP contribution in [0.2, 0.25) is 0 Å². The van der Waals surface area contributed by atoms with Crippen LogP contribution in [0.4, 0.5) is 0 Å². The molecule has 0 aromatic heterocycles. The number of ketones is 1. The number of nitrogens with one attached hydrogen (secondary N) is 1. The quantitative estimate of drug-likeness (QED) is 0.714. The highest BCUT2D eigenvalue weighted by Gasteiger charge is 2.43. The molecule has 0 aromatic rings. The van der Waals surface area contributed by atoms with Crippen molar-refractivity contribution in [3.05, 3.63) is 0 Å². The average molecular weight is 210 g/mol. The zero-order valence-electron chi connectivity index (χ0n) is 9.32. The number of likely N-dealkylation sites (N-methyl/N-ethyl adjacent to an activating group) is 1. The Labute approximate surface area is 90.0 Å². The third-order valence-electron chi connectivity index (χ3n) is 3.68. The van der Waals surface area contributed by atoms with E-state index < -0.39 is 0 Å². The Morgan fingerprint density at radius 3 is 2.40 bits per heavy atom. The minimum Gasteiger partial charge on any atom is -0.358 e. The molecule has 84 valence electrons. The van der Waals surface area contributed by atoms with Crippen molar-refractivity contribution in [1.29, 1.82) is 0 Å². The number of carbonyl (C=O) groups is 2. The molecule has 2 fully saturated rings. The number of amides is 1. The minimum absolute atomic E-state index is 0.0567. The van der Waals surface area contributed by atoms with Crippen LogP contribution in [-0.2, 0) is 9.59 Å². The molecule has 4 heteroatoms. The number of rotatable bonds is 2. The second-order valence-corrected chi connectivity index (χ2v) is 4.57. The fourth-order valence-corrected chi connectivity index (χ4v) is 2.98. The van der Waals surface area contributed by atoms with Gasteiger partial charge in [0, 0.05) is 32.0 Å². The maximum Gasteiger partial charge on any atom is 0.236 e. The molecule has 2 aliphatic heterocycles. The number of hydrogen-bond acceptors (Lipinski definition) is 3. The Morgan fingerprint density at radius 2 is 1.93 bits per heavy atom. The van der Waals surface area contributed by atoms with Gasteiger partial charge in [-0.2, -0.15) is 0 Å². The maximum atomic E-state index is 11.6. The van der Waals surface area contributed by atoms with E-state index in [1.807, 2.05) is 6.92 Å². The Balaban J connectivity index is 2.11. The monoisotopic (exact) mass is 210 g/mol. The van der Waals surface area contributed by atoms with Gasteiger partial charge in [-0.05, 0) is 19.8 Å². The van der Waals surface area contributed by atoms with Crippen LogP contribution in [-0.4, -0.2) is 41.8 Å². The molecule has 1 amide bonds. The van der Waals surface area contributed by atoms with Crippen molar-refractivity contribution in [3.8, 4) is 0 Å². The van der Waals surface area contributed by atoms with E-state index in [0.29, 0.717) is 30.7 Å². The van der Waals surface area contributed by atoms with Crippen LogP contribution in [0, 0.1) is 0 Å². The molecule has 1 N–H and O–H groups in total. The van der Waals surface area contributed by atoms with Crippen molar-refractivity contribution < 1.29 is 9.59 Å². The van der Waals surface area contributed by atoms with Crippen LogP contribution in [0.25, 0.3) is 0 Å². The van der Waals surface area contributed by atoms with E-state index in [9.17, 15) is 9.59 Å². The summed E-state index contributed by atoms with van der Waals surface area (Å²) in [7, 11) is 1.66. The largest absolute Gasteiger partial charge is 0.358 e. The van der Waals surface area contributed by atoms with Crippen LogP contribution >= 0.6 is 0 Å². The molecule has 2 rings (SSSR count). The summed E-state index contributed by atoms with van der Waals surface area (Å²) in [6, 6.07) is 0.521. The van der Waals surface area contributed by atoms with Crippen molar-refractivity contribution in [2.75, 3.05) is 7.05 Å². The van der Waals surface area contributed by atoms with Gasteiger partial charge in [-0.3, -0.25) is 14.5 Å². The molecule has 3 unspecified atom stereocenters. The molecule has 2 heterocycles. The lowest BCUT2D eigenvalue weighted by atomic mass is 9.99. The number of hydrogen-bond donors (Lipinski definition) is 1. The first-order valence-corrected chi connectivity index (χ1v) is 5.64. The molecule has 2 bridgehead atoms. The van der Waals surface area contributed by atoms with Crippen LogP contribution in [0.1, 0.15) is 32.6 Å². The van der Waals surface area contributed by atoms with Gasteiger partial charge in [0.25, 0.3) is 0 Å². The lowest BCUT2D eigenvalue weighted by molar-refractivity contribution is -0.132. The fourth-order valence-electron chi connectivity index (χ4n) is 2.98. The predicted molar refractivity (Wildman–Crippen MR) is 56.4 cm³/mol. The maximum absolute atomic E-state index is 11.6. The van der Waals surface area contributed by atoms with Gasteiger partial charge in [0.05, 0.1) is 6.04 Å². The van der Waals surface area contributed by atoms with Crippen molar-refractivity contribution in [2.45, 2.75) is 50.7 Å². The third kappa shape index (κ3) is 1.78. The SMILES string of the molecule is CNC(=O)C(C)N1C2CCC1CC(=O)C2. The third-order valence-corrected chi connectivity index (χ3v) is 3.68. The van der Waals surface area contributed by atoms with Gasteiger partial charge in [-0.15, -0.1) is 0 Å². The second-order valence-electron chi connectivity index (χ2n) is 4.57. The summed E-state index contributed by atoms with van der Waals surface area (Å²) in [5, 5.41) is 2.68. The highest BCUT2D eigenvalue weighted by molar-refractivity contribution is 5.83. The summed E-state index contributed by atoms with van der Waals surface area (Å²) >= 11 is 0. The lowest BCUT2D eigenvalue weighted by Crippen LogP contribution is -2.53. The van der Waals surface area contributed by atoms with Gasteiger partial charge in [0.2, 0.25) is 5.91 Å². The first-order valence-electron chi connectivity index (χ1n) is 5.64. The summed E-state index contributed by atoms with van der Waals surface area (Å²) in [6.45, 7) is 1.93. The molecule has 3 atom stereocenters. The van der Waals surface area contributed by atoms with Gasteiger partial charge < -0.3 is 5.32 Å². The zero-order chi connectivity index (χ0) is 11.0. The van der Waals surface area contributed by atoms with Gasteiger partial charge in [-0.1, -0.05) is 0 Å². The van der Waals surface area contributed by atoms with Crippen LogP contribution < -0.4 is 5.32 Å². The van der Waals surface area contributed by atoms with E-state index in [1.165, 1.54) is 0 Å². The van der Waals surface area contributed by atoms with E-state index >= 15 is 0 Å². The normalized spacial score (nSPS) is 32.8. The van der Waals surface area contributed by atoms with Gasteiger partial charge >= 0.3 is 0 Å². The molecule has 0 radical (unpaired) electrons. The second kappa shape index (κ2) is 3.93. The molecule has 0 saturated carbocycles. The molecular weight excluding hydrogens is 192 g/mol. The Morgan fingerprint density at radius 1 is 1.40 bits per heavy atom. The zero-order valence-corrected chi connectivity index (χ0v) is 9.32.